The van der Waals surface area contributed by atoms with E-state index >= 15 is 0 Å². The minimum absolute atomic E-state index is 0.0605. The number of rotatable bonds is 2. The standard InChI is InChI=1S/C16H24N2O/c1-12-6-8-15(9-7-12)14(3)17-16(19)18-10-4-5-13(2)11-18/h6-9,13-14H,4-5,10-11H2,1-3H3,(H,17,19). The van der Waals surface area contributed by atoms with E-state index in [2.05, 4.69) is 43.4 Å². The number of carbonyl (C=O) groups is 1. The van der Waals surface area contributed by atoms with Crippen LogP contribution in [0.1, 0.15) is 43.9 Å². The van der Waals surface area contributed by atoms with Gasteiger partial charge in [0.05, 0.1) is 6.04 Å². The van der Waals surface area contributed by atoms with Crippen LogP contribution in [-0.4, -0.2) is 24.0 Å². The van der Waals surface area contributed by atoms with Crippen molar-refractivity contribution < 1.29 is 4.79 Å². The minimum atomic E-state index is 0.0605. The van der Waals surface area contributed by atoms with Gasteiger partial charge < -0.3 is 10.2 Å². The Labute approximate surface area is 116 Å². The number of hydrogen-bond donors (Lipinski definition) is 1. The van der Waals surface area contributed by atoms with Crippen molar-refractivity contribution >= 4 is 6.03 Å². The first-order valence-corrected chi connectivity index (χ1v) is 7.18. The second kappa shape index (κ2) is 6.09. The first-order chi connectivity index (χ1) is 9.06. The molecule has 3 nitrogen and oxygen atoms in total. The highest BCUT2D eigenvalue weighted by molar-refractivity contribution is 5.74. The van der Waals surface area contributed by atoms with Gasteiger partial charge >= 0.3 is 6.03 Å². The van der Waals surface area contributed by atoms with Gasteiger partial charge in [-0.15, -0.1) is 0 Å². The molecule has 1 aliphatic heterocycles. The minimum Gasteiger partial charge on any atom is -0.331 e. The van der Waals surface area contributed by atoms with Crippen molar-refractivity contribution in [2.45, 2.75) is 39.7 Å². The number of piperidine rings is 1. The molecule has 1 saturated heterocycles. The van der Waals surface area contributed by atoms with Crippen LogP contribution in [0.25, 0.3) is 0 Å². The maximum atomic E-state index is 12.2. The average Bonchev–Trinajstić information content (AvgIpc) is 2.39. The number of hydrogen-bond acceptors (Lipinski definition) is 1. The fraction of sp³-hybridized carbons (Fsp3) is 0.562. The first kappa shape index (κ1) is 13.9. The molecule has 2 amide bonds. The lowest BCUT2D eigenvalue weighted by atomic mass is 10.0. The Bertz CT molecular complexity index is 427. The van der Waals surface area contributed by atoms with Gasteiger partial charge in [-0.05, 0) is 38.2 Å². The number of nitrogens with one attached hydrogen (secondary N) is 1. The Morgan fingerprint density at radius 2 is 2.05 bits per heavy atom. The van der Waals surface area contributed by atoms with Gasteiger partial charge in [-0.25, -0.2) is 4.79 Å². The van der Waals surface area contributed by atoms with Gasteiger partial charge in [-0.1, -0.05) is 36.8 Å². The van der Waals surface area contributed by atoms with E-state index in [1.165, 1.54) is 12.0 Å². The van der Waals surface area contributed by atoms with Crippen molar-refractivity contribution in [2.75, 3.05) is 13.1 Å². The molecular formula is C16H24N2O. The normalized spacial score (nSPS) is 21.0. The highest BCUT2D eigenvalue weighted by Gasteiger charge is 2.22. The predicted octanol–water partition coefficient (Wildman–Crippen LogP) is 3.50. The third-order valence-corrected chi connectivity index (χ3v) is 3.86. The topological polar surface area (TPSA) is 32.3 Å². The summed E-state index contributed by atoms with van der Waals surface area (Å²) in [7, 11) is 0. The zero-order valence-electron chi connectivity index (χ0n) is 12.1. The van der Waals surface area contributed by atoms with Crippen LogP contribution < -0.4 is 5.32 Å². The Hall–Kier alpha value is -1.51. The summed E-state index contributed by atoms with van der Waals surface area (Å²) in [5, 5.41) is 3.09. The van der Waals surface area contributed by atoms with Gasteiger partial charge in [0.15, 0.2) is 0 Å². The monoisotopic (exact) mass is 260 g/mol. The van der Waals surface area contributed by atoms with E-state index in [0.29, 0.717) is 5.92 Å². The number of amides is 2. The summed E-state index contributed by atoms with van der Waals surface area (Å²) in [5.41, 5.74) is 2.40. The summed E-state index contributed by atoms with van der Waals surface area (Å²) >= 11 is 0. The molecule has 2 unspecified atom stereocenters. The lowest BCUT2D eigenvalue weighted by Gasteiger charge is -2.32. The fourth-order valence-corrected chi connectivity index (χ4v) is 2.59. The van der Waals surface area contributed by atoms with Crippen LogP contribution in [0.3, 0.4) is 0 Å². The Kier molecular flexibility index (Phi) is 4.46. The molecule has 2 atom stereocenters. The molecule has 0 spiro atoms. The molecule has 3 heteroatoms. The molecule has 1 fully saturated rings. The van der Waals surface area contributed by atoms with E-state index in [1.54, 1.807) is 0 Å². The fourth-order valence-electron chi connectivity index (χ4n) is 2.59. The average molecular weight is 260 g/mol. The van der Waals surface area contributed by atoms with Crippen molar-refractivity contribution in [1.82, 2.24) is 10.2 Å². The highest BCUT2D eigenvalue weighted by Crippen LogP contribution is 2.17. The number of aryl methyl sites for hydroxylation is 1. The van der Waals surface area contributed by atoms with Crippen molar-refractivity contribution in [3.8, 4) is 0 Å². The Balaban J connectivity index is 1.92. The highest BCUT2D eigenvalue weighted by atomic mass is 16.2. The molecule has 0 saturated carbocycles. The quantitative estimate of drug-likeness (QED) is 0.867. The number of carbonyl (C=O) groups excluding carboxylic acids is 1. The van der Waals surface area contributed by atoms with E-state index < -0.39 is 0 Å². The van der Waals surface area contributed by atoms with Gasteiger partial charge in [0, 0.05) is 13.1 Å². The Morgan fingerprint density at radius 3 is 2.68 bits per heavy atom. The van der Waals surface area contributed by atoms with Crippen LogP contribution in [0.15, 0.2) is 24.3 Å². The van der Waals surface area contributed by atoms with Crippen LogP contribution in [0.2, 0.25) is 0 Å². The molecule has 19 heavy (non-hydrogen) atoms. The lowest BCUT2D eigenvalue weighted by Crippen LogP contribution is -2.45. The Morgan fingerprint density at radius 1 is 1.37 bits per heavy atom. The molecule has 0 radical (unpaired) electrons. The third-order valence-electron chi connectivity index (χ3n) is 3.86. The summed E-state index contributed by atoms with van der Waals surface area (Å²) in [6.07, 6.45) is 2.35. The number of likely N-dealkylation sites (tertiary alicyclic amines) is 1. The largest absolute Gasteiger partial charge is 0.331 e. The van der Waals surface area contributed by atoms with Crippen LogP contribution in [0.4, 0.5) is 4.79 Å². The smallest absolute Gasteiger partial charge is 0.317 e. The van der Waals surface area contributed by atoms with Crippen LogP contribution in [0, 0.1) is 12.8 Å². The van der Waals surface area contributed by atoms with Crippen LogP contribution in [0.5, 0.6) is 0 Å². The molecule has 1 aromatic carbocycles. The maximum Gasteiger partial charge on any atom is 0.317 e. The van der Waals surface area contributed by atoms with Gasteiger partial charge in [0.1, 0.15) is 0 Å². The number of nitrogens with zero attached hydrogens (tertiary/aromatic N) is 1. The van der Waals surface area contributed by atoms with Gasteiger partial charge in [-0.2, -0.15) is 0 Å². The number of urea groups is 1. The summed E-state index contributed by atoms with van der Waals surface area (Å²) in [6.45, 7) is 8.09. The van der Waals surface area contributed by atoms with Crippen molar-refractivity contribution in [3.63, 3.8) is 0 Å². The zero-order chi connectivity index (χ0) is 13.8. The first-order valence-electron chi connectivity index (χ1n) is 7.18. The summed E-state index contributed by atoms with van der Waals surface area (Å²) < 4.78 is 0. The zero-order valence-corrected chi connectivity index (χ0v) is 12.1. The summed E-state index contributed by atoms with van der Waals surface area (Å²) in [5.74, 6) is 0.620. The summed E-state index contributed by atoms with van der Waals surface area (Å²) in [6, 6.07) is 8.46. The van der Waals surface area contributed by atoms with E-state index in [4.69, 9.17) is 0 Å². The summed E-state index contributed by atoms with van der Waals surface area (Å²) in [4.78, 5) is 14.2. The van der Waals surface area contributed by atoms with Crippen molar-refractivity contribution in [3.05, 3.63) is 35.4 Å². The van der Waals surface area contributed by atoms with Crippen molar-refractivity contribution in [1.29, 1.82) is 0 Å². The van der Waals surface area contributed by atoms with Gasteiger partial charge in [-0.3, -0.25) is 0 Å². The third kappa shape index (κ3) is 3.72. The molecule has 1 heterocycles. The van der Waals surface area contributed by atoms with Crippen molar-refractivity contribution in [2.24, 2.45) is 5.92 Å². The molecule has 1 aliphatic rings. The van der Waals surface area contributed by atoms with Crippen LogP contribution in [-0.2, 0) is 0 Å². The molecule has 0 aromatic heterocycles. The molecule has 2 rings (SSSR count). The second-order valence-corrected chi connectivity index (χ2v) is 5.78. The predicted molar refractivity (Wildman–Crippen MR) is 78.1 cm³/mol. The molecular weight excluding hydrogens is 236 g/mol. The van der Waals surface area contributed by atoms with Crippen LogP contribution >= 0.6 is 0 Å². The van der Waals surface area contributed by atoms with Gasteiger partial charge in [0.2, 0.25) is 0 Å². The van der Waals surface area contributed by atoms with E-state index in [-0.39, 0.29) is 12.1 Å². The number of benzene rings is 1. The maximum absolute atomic E-state index is 12.2. The molecule has 0 bridgehead atoms. The van der Waals surface area contributed by atoms with E-state index in [1.807, 2.05) is 11.8 Å². The molecule has 1 aromatic rings. The van der Waals surface area contributed by atoms with E-state index in [9.17, 15) is 4.79 Å². The van der Waals surface area contributed by atoms with E-state index in [0.717, 1.165) is 25.1 Å². The molecule has 0 aliphatic carbocycles. The SMILES string of the molecule is Cc1ccc(C(C)NC(=O)N2CCCC(C)C2)cc1. The van der Waals surface area contributed by atoms with Gasteiger partial charge in [0.25, 0.3) is 0 Å². The lowest BCUT2D eigenvalue weighted by molar-refractivity contribution is 0.167. The molecule has 104 valence electrons. The molecule has 1 N–H and O–H groups in total. The second-order valence-electron chi connectivity index (χ2n) is 5.78.